The minimum absolute atomic E-state index is 0.0651. The molecule has 1 aliphatic carbocycles. The molecule has 0 saturated heterocycles. The zero-order valence-electron chi connectivity index (χ0n) is 13.2. The topological polar surface area (TPSA) is 58.4 Å². The van der Waals surface area contributed by atoms with Gasteiger partial charge in [0.15, 0.2) is 0 Å². The highest BCUT2D eigenvalue weighted by Crippen LogP contribution is 2.22. The maximum atomic E-state index is 12.3. The van der Waals surface area contributed by atoms with E-state index in [2.05, 4.69) is 17.1 Å². The van der Waals surface area contributed by atoms with E-state index in [9.17, 15) is 4.79 Å². The number of amides is 1. The standard InChI is InChI=1S/C17H27N3O/c1-3-20(15-7-5-4-6-8-15)12-17(21)19-16-10-9-14(18)11-13(16)2/h9-11,15H,3-8,12,18H2,1-2H3,(H,19,21). The number of benzene rings is 1. The first-order valence-corrected chi connectivity index (χ1v) is 8.00. The molecule has 0 bridgehead atoms. The van der Waals surface area contributed by atoms with Crippen molar-refractivity contribution in [3.8, 4) is 0 Å². The van der Waals surface area contributed by atoms with Crippen LogP contribution in [0.1, 0.15) is 44.6 Å². The molecule has 21 heavy (non-hydrogen) atoms. The van der Waals surface area contributed by atoms with Crippen molar-refractivity contribution in [2.45, 2.75) is 52.0 Å². The van der Waals surface area contributed by atoms with Crippen molar-refractivity contribution in [3.05, 3.63) is 23.8 Å². The van der Waals surface area contributed by atoms with Gasteiger partial charge in [-0.2, -0.15) is 0 Å². The number of nitrogens with two attached hydrogens (primary N) is 1. The Bertz CT molecular complexity index is 481. The molecule has 0 spiro atoms. The van der Waals surface area contributed by atoms with Crippen molar-refractivity contribution in [1.29, 1.82) is 0 Å². The molecule has 4 heteroatoms. The van der Waals surface area contributed by atoms with E-state index in [0.29, 0.717) is 12.6 Å². The fraction of sp³-hybridized carbons (Fsp3) is 0.588. The van der Waals surface area contributed by atoms with Gasteiger partial charge in [0.1, 0.15) is 0 Å². The number of aryl methyl sites for hydroxylation is 1. The fourth-order valence-electron chi connectivity index (χ4n) is 3.15. The van der Waals surface area contributed by atoms with Crippen LogP contribution in [0.25, 0.3) is 0 Å². The summed E-state index contributed by atoms with van der Waals surface area (Å²) in [7, 11) is 0. The van der Waals surface area contributed by atoms with E-state index in [1.807, 2.05) is 25.1 Å². The quantitative estimate of drug-likeness (QED) is 0.819. The number of nitrogens with zero attached hydrogens (tertiary/aromatic N) is 1. The lowest BCUT2D eigenvalue weighted by molar-refractivity contribution is -0.118. The second kappa shape index (κ2) is 7.46. The Hall–Kier alpha value is -1.55. The summed E-state index contributed by atoms with van der Waals surface area (Å²) in [5.74, 6) is 0.0651. The van der Waals surface area contributed by atoms with Gasteiger partial charge in [-0.15, -0.1) is 0 Å². The lowest BCUT2D eigenvalue weighted by Gasteiger charge is -2.33. The van der Waals surface area contributed by atoms with Crippen molar-refractivity contribution in [1.82, 2.24) is 4.90 Å². The molecule has 1 aliphatic rings. The fourth-order valence-corrected chi connectivity index (χ4v) is 3.15. The third kappa shape index (κ3) is 4.46. The van der Waals surface area contributed by atoms with Gasteiger partial charge >= 0.3 is 0 Å². The number of carbonyl (C=O) groups is 1. The zero-order chi connectivity index (χ0) is 15.2. The number of hydrogen-bond acceptors (Lipinski definition) is 3. The summed E-state index contributed by atoms with van der Waals surface area (Å²) in [5.41, 5.74) is 8.32. The Balaban J connectivity index is 1.92. The molecule has 4 nitrogen and oxygen atoms in total. The second-order valence-corrected chi connectivity index (χ2v) is 5.98. The summed E-state index contributed by atoms with van der Waals surface area (Å²) >= 11 is 0. The first kappa shape index (κ1) is 15.8. The van der Waals surface area contributed by atoms with Gasteiger partial charge in [-0.1, -0.05) is 26.2 Å². The summed E-state index contributed by atoms with van der Waals surface area (Å²) < 4.78 is 0. The van der Waals surface area contributed by atoms with Crippen LogP contribution in [-0.4, -0.2) is 29.9 Å². The summed E-state index contributed by atoms with van der Waals surface area (Å²) in [4.78, 5) is 14.6. The van der Waals surface area contributed by atoms with E-state index in [-0.39, 0.29) is 5.91 Å². The van der Waals surface area contributed by atoms with E-state index in [1.165, 1.54) is 32.1 Å². The maximum Gasteiger partial charge on any atom is 0.238 e. The Morgan fingerprint density at radius 3 is 2.67 bits per heavy atom. The van der Waals surface area contributed by atoms with Gasteiger partial charge in [-0.05, 0) is 50.1 Å². The first-order chi connectivity index (χ1) is 10.1. The number of likely N-dealkylation sites (N-methyl/N-ethyl adjacent to an activating group) is 1. The van der Waals surface area contributed by atoms with Gasteiger partial charge in [-0.25, -0.2) is 0 Å². The van der Waals surface area contributed by atoms with Crippen LogP contribution in [0, 0.1) is 6.92 Å². The van der Waals surface area contributed by atoms with Crippen molar-refractivity contribution in [2.75, 3.05) is 24.1 Å². The molecule has 0 atom stereocenters. The Kier molecular flexibility index (Phi) is 5.62. The molecular formula is C17H27N3O. The number of carbonyl (C=O) groups excluding carboxylic acids is 1. The molecule has 0 aliphatic heterocycles. The largest absolute Gasteiger partial charge is 0.399 e. The highest BCUT2D eigenvalue weighted by molar-refractivity contribution is 5.93. The van der Waals surface area contributed by atoms with E-state index < -0.39 is 0 Å². The number of nitrogen functional groups attached to an aromatic ring is 1. The highest BCUT2D eigenvalue weighted by Gasteiger charge is 2.21. The predicted molar refractivity (Wildman–Crippen MR) is 88.3 cm³/mol. The maximum absolute atomic E-state index is 12.3. The molecule has 0 aromatic heterocycles. The molecular weight excluding hydrogens is 262 g/mol. The van der Waals surface area contributed by atoms with E-state index in [4.69, 9.17) is 5.73 Å². The molecule has 1 saturated carbocycles. The Morgan fingerprint density at radius 1 is 1.33 bits per heavy atom. The average molecular weight is 289 g/mol. The van der Waals surface area contributed by atoms with Gasteiger partial charge in [0.25, 0.3) is 0 Å². The van der Waals surface area contributed by atoms with Crippen LogP contribution in [0.5, 0.6) is 0 Å². The zero-order valence-corrected chi connectivity index (χ0v) is 13.2. The average Bonchev–Trinajstić information content (AvgIpc) is 2.48. The van der Waals surface area contributed by atoms with E-state index in [1.54, 1.807) is 0 Å². The number of anilines is 2. The molecule has 0 radical (unpaired) electrons. The molecule has 2 rings (SSSR count). The predicted octanol–water partition coefficient (Wildman–Crippen LogP) is 3.17. The first-order valence-electron chi connectivity index (χ1n) is 8.00. The van der Waals surface area contributed by atoms with Crippen LogP contribution >= 0.6 is 0 Å². The minimum atomic E-state index is 0.0651. The molecule has 1 fully saturated rings. The Morgan fingerprint density at radius 2 is 2.05 bits per heavy atom. The van der Waals surface area contributed by atoms with Crippen molar-refractivity contribution in [3.63, 3.8) is 0 Å². The van der Waals surface area contributed by atoms with Crippen LogP contribution in [-0.2, 0) is 4.79 Å². The molecule has 0 heterocycles. The van der Waals surface area contributed by atoms with Crippen molar-refractivity contribution in [2.24, 2.45) is 0 Å². The highest BCUT2D eigenvalue weighted by atomic mass is 16.2. The molecule has 116 valence electrons. The normalized spacial score (nSPS) is 16.1. The molecule has 0 unspecified atom stereocenters. The number of rotatable bonds is 5. The molecule has 3 N–H and O–H groups in total. The molecule has 1 aromatic rings. The third-order valence-corrected chi connectivity index (χ3v) is 4.37. The van der Waals surface area contributed by atoms with Gasteiger partial charge in [0.2, 0.25) is 5.91 Å². The molecule has 1 amide bonds. The minimum Gasteiger partial charge on any atom is -0.399 e. The monoisotopic (exact) mass is 289 g/mol. The number of nitrogens with one attached hydrogen (secondary N) is 1. The summed E-state index contributed by atoms with van der Waals surface area (Å²) in [6, 6.07) is 6.15. The Labute approximate surface area is 127 Å². The molecule has 1 aromatic carbocycles. The van der Waals surface area contributed by atoms with Crippen LogP contribution < -0.4 is 11.1 Å². The lowest BCUT2D eigenvalue weighted by Crippen LogP contribution is -2.41. The summed E-state index contributed by atoms with van der Waals surface area (Å²) in [5, 5.41) is 3.01. The SMILES string of the molecule is CCN(CC(=O)Nc1ccc(N)cc1C)C1CCCCC1. The number of hydrogen-bond donors (Lipinski definition) is 2. The van der Waals surface area contributed by atoms with Crippen LogP contribution in [0.3, 0.4) is 0 Å². The van der Waals surface area contributed by atoms with Crippen LogP contribution in [0.4, 0.5) is 11.4 Å². The van der Waals surface area contributed by atoms with Gasteiger partial charge in [0, 0.05) is 17.4 Å². The van der Waals surface area contributed by atoms with Gasteiger partial charge in [-0.3, -0.25) is 9.69 Å². The van der Waals surface area contributed by atoms with Crippen molar-refractivity contribution >= 4 is 17.3 Å². The smallest absolute Gasteiger partial charge is 0.238 e. The van der Waals surface area contributed by atoms with E-state index in [0.717, 1.165) is 23.5 Å². The van der Waals surface area contributed by atoms with Crippen LogP contribution in [0.15, 0.2) is 18.2 Å². The summed E-state index contributed by atoms with van der Waals surface area (Å²) in [6.45, 7) is 5.50. The third-order valence-electron chi connectivity index (χ3n) is 4.37. The second-order valence-electron chi connectivity index (χ2n) is 5.98. The van der Waals surface area contributed by atoms with Gasteiger partial charge in [0.05, 0.1) is 6.54 Å². The van der Waals surface area contributed by atoms with Gasteiger partial charge < -0.3 is 11.1 Å². The lowest BCUT2D eigenvalue weighted by atomic mass is 9.94. The van der Waals surface area contributed by atoms with Crippen molar-refractivity contribution < 1.29 is 4.79 Å². The van der Waals surface area contributed by atoms with E-state index >= 15 is 0 Å². The summed E-state index contributed by atoms with van der Waals surface area (Å²) in [6.07, 6.45) is 6.37. The van der Waals surface area contributed by atoms with Crippen LogP contribution in [0.2, 0.25) is 0 Å².